The van der Waals surface area contributed by atoms with Crippen LogP contribution in [0.4, 0.5) is 0 Å². The van der Waals surface area contributed by atoms with E-state index >= 15 is 0 Å². The lowest BCUT2D eigenvalue weighted by molar-refractivity contribution is 0.0659. The van der Waals surface area contributed by atoms with Crippen LogP contribution in [0, 0.1) is 0 Å². The fraction of sp³-hybridized carbons (Fsp3) is 0.500. The summed E-state index contributed by atoms with van der Waals surface area (Å²) < 4.78 is 9.78. The lowest BCUT2D eigenvalue weighted by atomic mass is 10.2. The maximum absolute atomic E-state index is 11.5. The normalized spacial score (nSPS) is 10.3. The monoisotopic (exact) mass is 255 g/mol. The molecule has 2 N–H and O–H groups in total. The Morgan fingerprint density at radius 2 is 2.00 bits per heavy atom. The third-order valence-corrected chi connectivity index (χ3v) is 2.35. The number of carboxylic acids is 1. The number of carbonyl (C=O) groups is 2. The van der Waals surface area contributed by atoms with Crippen molar-refractivity contribution in [3.05, 3.63) is 23.7 Å². The minimum Gasteiger partial charge on any atom is -0.475 e. The lowest BCUT2D eigenvalue weighted by Crippen LogP contribution is -2.24. The maximum atomic E-state index is 11.5. The first kappa shape index (κ1) is 14.2. The summed E-state index contributed by atoms with van der Waals surface area (Å²) in [6, 6.07) is 2.61. The van der Waals surface area contributed by atoms with Crippen LogP contribution in [0.15, 0.2) is 16.5 Å². The number of unbranched alkanes of at least 4 members (excludes halogenated alkanes) is 2. The van der Waals surface area contributed by atoms with Crippen LogP contribution in [0.2, 0.25) is 0 Å². The van der Waals surface area contributed by atoms with Gasteiger partial charge in [0.05, 0.1) is 0 Å². The van der Waals surface area contributed by atoms with Gasteiger partial charge >= 0.3 is 5.97 Å². The van der Waals surface area contributed by atoms with Gasteiger partial charge in [0.25, 0.3) is 5.91 Å². The predicted octanol–water partition coefficient (Wildman–Crippen LogP) is 1.52. The molecule has 0 aliphatic rings. The van der Waals surface area contributed by atoms with Crippen LogP contribution in [-0.4, -0.2) is 37.2 Å². The van der Waals surface area contributed by atoms with Crippen molar-refractivity contribution in [3.63, 3.8) is 0 Å². The Hall–Kier alpha value is -1.82. The highest BCUT2D eigenvalue weighted by molar-refractivity contribution is 5.93. The van der Waals surface area contributed by atoms with Gasteiger partial charge in [0.15, 0.2) is 5.76 Å². The molecule has 6 nitrogen and oxygen atoms in total. The van der Waals surface area contributed by atoms with Crippen LogP contribution in [-0.2, 0) is 4.74 Å². The van der Waals surface area contributed by atoms with E-state index in [-0.39, 0.29) is 11.5 Å². The van der Waals surface area contributed by atoms with E-state index in [2.05, 4.69) is 5.32 Å². The van der Waals surface area contributed by atoms with E-state index in [4.69, 9.17) is 14.3 Å². The van der Waals surface area contributed by atoms with Crippen LogP contribution < -0.4 is 5.32 Å². The van der Waals surface area contributed by atoms with Gasteiger partial charge in [0, 0.05) is 20.3 Å². The van der Waals surface area contributed by atoms with Gasteiger partial charge in [-0.1, -0.05) is 0 Å². The van der Waals surface area contributed by atoms with Crippen molar-refractivity contribution in [3.8, 4) is 0 Å². The van der Waals surface area contributed by atoms with Crippen LogP contribution in [0.3, 0.4) is 0 Å². The van der Waals surface area contributed by atoms with E-state index < -0.39 is 11.9 Å². The highest BCUT2D eigenvalue weighted by atomic mass is 16.5. The second-order valence-electron chi connectivity index (χ2n) is 3.78. The SMILES string of the molecule is COCCCCCNC(=O)c1ccc(C(=O)O)o1. The van der Waals surface area contributed by atoms with Gasteiger partial charge in [-0.15, -0.1) is 0 Å². The van der Waals surface area contributed by atoms with E-state index in [0.717, 1.165) is 19.3 Å². The quantitative estimate of drug-likeness (QED) is 0.687. The molecule has 0 spiro atoms. The zero-order valence-corrected chi connectivity index (χ0v) is 10.3. The number of amides is 1. The number of rotatable bonds is 8. The Kier molecular flexibility index (Phi) is 5.93. The zero-order chi connectivity index (χ0) is 13.4. The minimum atomic E-state index is -1.19. The average molecular weight is 255 g/mol. The van der Waals surface area contributed by atoms with E-state index in [1.165, 1.54) is 12.1 Å². The number of methoxy groups -OCH3 is 1. The predicted molar refractivity (Wildman–Crippen MR) is 63.7 cm³/mol. The van der Waals surface area contributed by atoms with E-state index in [9.17, 15) is 9.59 Å². The van der Waals surface area contributed by atoms with Gasteiger partial charge in [-0.05, 0) is 31.4 Å². The summed E-state index contributed by atoms with van der Waals surface area (Å²) >= 11 is 0. The number of furan rings is 1. The molecule has 0 bridgehead atoms. The fourth-order valence-corrected chi connectivity index (χ4v) is 1.41. The van der Waals surface area contributed by atoms with E-state index in [0.29, 0.717) is 13.2 Å². The Labute approximate surface area is 105 Å². The molecular weight excluding hydrogens is 238 g/mol. The van der Waals surface area contributed by atoms with Crippen molar-refractivity contribution in [2.75, 3.05) is 20.3 Å². The molecule has 1 aromatic heterocycles. The molecule has 18 heavy (non-hydrogen) atoms. The molecule has 100 valence electrons. The highest BCUT2D eigenvalue weighted by Crippen LogP contribution is 2.07. The largest absolute Gasteiger partial charge is 0.475 e. The number of aromatic carboxylic acids is 1. The van der Waals surface area contributed by atoms with Crippen molar-refractivity contribution in [2.45, 2.75) is 19.3 Å². The third-order valence-electron chi connectivity index (χ3n) is 2.35. The van der Waals surface area contributed by atoms with Crippen LogP contribution >= 0.6 is 0 Å². The molecule has 1 aromatic rings. The van der Waals surface area contributed by atoms with Gasteiger partial charge < -0.3 is 19.6 Å². The van der Waals surface area contributed by atoms with Crippen molar-refractivity contribution < 1.29 is 23.8 Å². The number of nitrogens with one attached hydrogen (secondary N) is 1. The van der Waals surface area contributed by atoms with Crippen LogP contribution in [0.5, 0.6) is 0 Å². The Morgan fingerprint density at radius 1 is 1.28 bits per heavy atom. The molecule has 0 aromatic carbocycles. The third kappa shape index (κ3) is 4.58. The molecule has 0 aliphatic carbocycles. The average Bonchev–Trinajstić information content (AvgIpc) is 2.83. The van der Waals surface area contributed by atoms with Gasteiger partial charge in [-0.2, -0.15) is 0 Å². The number of hydrogen-bond donors (Lipinski definition) is 2. The fourth-order valence-electron chi connectivity index (χ4n) is 1.41. The minimum absolute atomic E-state index is 0.0179. The summed E-state index contributed by atoms with van der Waals surface area (Å²) in [5.74, 6) is -1.80. The van der Waals surface area contributed by atoms with Crippen molar-refractivity contribution in [1.29, 1.82) is 0 Å². The molecule has 1 amide bonds. The zero-order valence-electron chi connectivity index (χ0n) is 10.3. The first-order valence-electron chi connectivity index (χ1n) is 5.75. The first-order valence-corrected chi connectivity index (χ1v) is 5.75. The summed E-state index contributed by atoms with van der Waals surface area (Å²) in [4.78, 5) is 22.1. The van der Waals surface area contributed by atoms with E-state index in [1.807, 2.05) is 0 Å². The standard InChI is InChI=1S/C12H17NO5/c1-17-8-4-2-3-7-13-11(14)9-5-6-10(18-9)12(15)16/h5-6H,2-4,7-8H2,1H3,(H,13,14)(H,15,16). The summed E-state index contributed by atoms with van der Waals surface area (Å²) in [5.41, 5.74) is 0. The van der Waals surface area contributed by atoms with Gasteiger partial charge in [0.1, 0.15) is 0 Å². The molecule has 0 unspecified atom stereocenters. The topological polar surface area (TPSA) is 88.8 Å². The summed E-state index contributed by atoms with van der Waals surface area (Å²) in [5, 5.41) is 11.3. The van der Waals surface area contributed by atoms with Crippen molar-refractivity contribution in [1.82, 2.24) is 5.32 Å². The highest BCUT2D eigenvalue weighted by Gasteiger charge is 2.13. The molecule has 6 heteroatoms. The number of carboxylic acid groups (broad SMARTS) is 1. The molecule has 1 rings (SSSR count). The second-order valence-corrected chi connectivity index (χ2v) is 3.78. The lowest BCUT2D eigenvalue weighted by Gasteiger charge is -2.02. The molecule has 0 atom stereocenters. The second kappa shape index (κ2) is 7.50. The summed E-state index contributed by atoms with van der Waals surface area (Å²) in [6.45, 7) is 1.25. The molecule has 0 fully saturated rings. The van der Waals surface area contributed by atoms with Crippen LogP contribution in [0.25, 0.3) is 0 Å². The smallest absolute Gasteiger partial charge is 0.371 e. The Morgan fingerprint density at radius 3 is 2.61 bits per heavy atom. The summed E-state index contributed by atoms with van der Waals surface area (Å²) in [6.07, 6.45) is 2.77. The van der Waals surface area contributed by atoms with Gasteiger partial charge in [0.2, 0.25) is 5.76 Å². The Balaban J connectivity index is 2.25. The van der Waals surface area contributed by atoms with Gasteiger partial charge in [-0.25, -0.2) is 4.79 Å². The number of carbonyl (C=O) groups excluding carboxylic acids is 1. The summed E-state index contributed by atoms with van der Waals surface area (Å²) in [7, 11) is 1.65. The molecule has 0 saturated carbocycles. The first-order chi connectivity index (χ1) is 8.65. The maximum Gasteiger partial charge on any atom is 0.371 e. The molecule has 0 aliphatic heterocycles. The number of hydrogen-bond acceptors (Lipinski definition) is 4. The molecular formula is C12H17NO5. The van der Waals surface area contributed by atoms with Gasteiger partial charge in [-0.3, -0.25) is 4.79 Å². The van der Waals surface area contributed by atoms with Crippen molar-refractivity contribution >= 4 is 11.9 Å². The molecule has 1 heterocycles. The van der Waals surface area contributed by atoms with E-state index in [1.54, 1.807) is 7.11 Å². The van der Waals surface area contributed by atoms with Crippen LogP contribution in [0.1, 0.15) is 40.4 Å². The molecule has 0 radical (unpaired) electrons. The Bertz CT molecular complexity index is 399. The molecule has 0 saturated heterocycles. The number of ether oxygens (including phenoxy) is 1. The van der Waals surface area contributed by atoms with Crippen molar-refractivity contribution in [2.24, 2.45) is 0 Å².